The highest BCUT2D eigenvalue weighted by molar-refractivity contribution is 5.80. The summed E-state index contributed by atoms with van der Waals surface area (Å²) in [4.78, 5) is 8.88. The van der Waals surface area contributed by atoms with Crippen molar-refractivity contribution < 1.29 is 9.13 Å². The van der Waals surface area contributed by atoms with Crippen molar-refractivity contribution in [2.24, 2.45) is 4.99 Å². The number of benzene rings is 2. The molecule has 7 heteroatoms. The largest absolute Gasteiger partial charge is 0.494 e. The summed E-state index contributed by atoms with van der Waals surface area (Å²) in [7, 11) is 7.41. The number of aliphatic imine (C=N–C) groups is 1. The van der Waals surface area contributed by atoms with Gasteiger partial charge in [0.05, 0.1) is 7.11 Å². The maximum Gasteiger partial charge on any atom is 0.191 e. The van der Waals surface area contributed by atoms with E-state index in [4.69, 9.17) is 4.74 Å². The van der Waals surface area contributed by atoms with Gasteiger partial charge in [-0.05, 0) is 60.7 Å². The lowest BCUT2D eigenvalue weighted by Crippen LogP contribution is -2.48. The first-order valence-corrected chi connectivity index (χ1v) is 11.2. The van der Waals surface area contributed by atoms with Gasteiger partial charge in [-0.25, -0.2) is 4.39 Å². The first-order chi connectivity index (χ1) is 15.4. The van der Waals surface area contributed by atoms with Crippen LogP contribution in [0.4, 0.5) is 10.1 Å². The van der Waals surface area contributed by atoms with Crippen LogP contribution < -0.4 is 20.3 Å². The standard InChI is InChI=1S/C25H36FN5O/c1-18-14-22(30(3)4)8-7-20(18)16-28-25(27-2)29-21-10-12-31(13-11-21)17-19-6-9-24(32-5)23(26)15-19/h6-9,14-15,21H,10-13,16-17H2,1-5H3,(H2,27,28,29). The second-order valence-electron chi connectivity index (χ2n) is 8.59. The van der Waals surface area contributed by atoms with Crippen LogP contribution in [-0.2, 0) is 13.1 Å². The highest BCUT2D eigenvalue weighted by Gasteiger charge is 2.20. The molecule has 0 saturated carbocycles. The molecule has 0 unspecified atom stereocenters. The van der Waals surface area contributed by atoms with E-state index < -0.39 is 0 Å². The molecular formula is C25H36FN5O. The molecule has 2 N–H and O–H groups in total. The normalized spacial score (nSPS) is 15.5. The fourth-order valence-corrected chi connectivity index (χ4v) is 4.03. The van der Waals surface area contributed by atoms with Gasteiger partial charge in [0.15, 0.2) is 17.5 Å². The molecule has 3 rings (SSSR count). The van der Waals surface area contributed by atoms with Crippen LogP contribution in [0.2, 0.25) is 0 Å². The van der Waals surface area contributed by atoms with Crippen LogP contribution in [0.15, 0.2) is 41.4 Å². The van der Waals surface area contributed by atoms with Gasteiger partial charge >= 0.3 is 0 Å². The molecule has 0 radical (unpaired) electrons. The number of ether oxygens (including phenoxy) is 1. The van der Waals surface area contributed by atoms with Crippen molar-refractivity contribution in [3.8, 4) is 5.75 Å². The van der Waals surface area contributed by atoms with Gasteiger partial charge in [0.1, 0.15) is 0 Å². The molecule has 0 aromatic heterocycles. The Balaban J connectivity index is 1.46. The minimum Gasteiger partial charge on any atom is -0.494 e. The smallest absolute Gasteiger partial charge is 0.191 e. The Labute approximate surface area is 191 Å². The van der Waals surface area contributed by atoms with Crippen LogP contribution >= 0.6 is 0 Å². The number of nitrogens with zero attached hydrogens (tertiary/aromatic N) is 3. The SMILES string of the molecule is CN=C(NCc1ccc(N(C)C)cc1C)NC1CCN(Cc2ccc(OC)c(F)c2)CC1. The first kappa shape index (κ1) is 23.9. The zero-order valence-corrected chi connectivity index (χ0v) is 19.9. The molecule has 0 aliphatic carbocycles. The third-order valence-electron chi connectivity index (χ3n) is 6.06. The lowest BCUT2D eigenvalue weighted by molar-refractivity contribution is 0.198. The van der Waals surface area contributed by atoms with E-state index >= 15 is 0 Å². The van der Waals surface area contributed by atoms with Crippen molar-refractivity contribution in [1.29, 1.82) is 0 Å². The quantitative estimate of drug-likeness (QED) is 0.509. The third-order valence-corrected chi connectivity index (χ3v) is 6.06. The minimum atomic E-state index is -0.303. The van der Waals surface area contributed by atoms with Crippen molar-refractivity contribution in [1.82, 2.24) is 15.5 Å². The summed E-state index contributed by atoms with van der Waals surface area (Å²) in [5.41, 5.74) is 4.71. The van der Waals surface area contributed by atoms with Crippen molar-refractivity contribution in [2.75, 3.05) is 46.2 Å². The zero-order valence-electron chi connectivity index (χ0n) is 19.9. The van der Waals surface area contributed by atoms with Gasteiger partial charge in [-0.1, -0.05) is 12.1 Å². The maximum absolute atomic E-state index is 13.9. The van der Waals surface area contributed by atoms with E-state index in [1.54, 1.807) is 12.1 Å². The molecule has 1 fully saturated rings. The molecule has 1 aliphatic rings. The molecule has 32 heavy (non-hydrogen) atoms. The van der Waals surface area contributed by atoms with Gasteiger partial charge in [0.25, 0.3) is 0 Å². The van der Waals surface area contributed by atoms with E-state index in [0.29, 0.717) is 11.8 Å². The van der Waals surface area contributed by atoms with E-state index in [1.807, 2.05) is 13.1 Å². The summed E-state index contributed by atoms with van der Waals surface area (Å²) in [6.45, 7) is 5.56. The van der Waals surface area contributed by atoms with Crippen LogP contribution in [0, 0.1) is 12.7 Å². The zero-order chi connectivity index (χ0) is 23.1. The summed E-state index contributed by atoms with van der Waals surface area (Å²) < 4.78 is 19.0. The second kappa shape index (κ2) is 11.2. The molecule has 1 saturated heterocycles. The molecule has 2 aromatic carbocycles. The van der Waals surface area contributed by atoms with Gasteiger partial charge in [-0.3, -0.25) is 9.89 Å². The summed E-state index contributed by atoms with van der Waals surface area (Å²) in [6, 6.07) is 12.1. The van der Waals surface area contributed by atoms with Crippen LogP contribution in [0.1, 0.15) is 29.5 Å². The summed E-state index contributed by atoms with van der Waals surface area (Å²) in [5, 5.41) is 7.01. The van der Waals surface area contributed by atoms with Crippen LogP contribution in [0.25, 0.3) is 0 Å². The Bertz CT molecular complexity index is 923. The highest BCUT2D eigenvalue weighted by Crippen LogP contribution is 2.20. The minimum absolute atomic E-state index is 0.291. The van der Waals surface area contributed by atoms with E-state index in [2.05, 4.69) is 64.6 Å². The van der Waals surface area contributed by atoms with Crippen molar-refractivity contribution in [3.63, 3.8) is 0 Å². The predicted octanol–water partition coefficient (Wildman–Crippen LogP) is 3.54. The number of methoxy groups -OCH3 is 1. The van der Waals surface area contributed by atoms with Crippen LogP contribution in [0.3, 0.4) is 0 Å². The monoisotopic (exact) mass is 441 g/mol. The number of rotatable bonds is 7. The van der Waals surface area contributed by atoms with Crippen LogP contribution in [0.5, 0.6) is 5.75 Å². The molecule has 0 atom stereocenters. The number of piperidine rings is 1. The molecule has 0 bridgehead atoms. The predicted molar refractivity (Wildman–Crippen MR) is 130 cm³/mol. The van der Waals surface area contributed by atoms with Crippen molar-refractivity contribution in [3.05, 3.63) is 58.9 Å². The number of hydrogen-bond acceptors (Lipinski definition) is 4. The highest BCUT2D eigenvalue weighted by atomic mass is 19.1. The fraction of sp³-hybridized carbons (Fsp3) is 0.480. The number of hydrogen-bond donors (Lipinski definition) is 2. The molecule has 1 aliphatic heterocycles. The first-order valence-electron chi connectivity index (χ1n) is 11.2. The molecule has 6 nitrogen and oxygen atoms in total. The van der Waals surface area contributed by atoms with Crippen molar-refractivity contribution >= 4 is 11.6 Å². The van der Waals surface area contributed by atoms with Gasteiger partial charge in [0, 0.05) is 59.1 Å². The molecule has 2 aromatic rings. The van der Waals surface area contributed by atoms with E-state index in [-0.39, 0.29) is 5.82 Å². The number of anilines is 1. The number of nitrogens with one attached hydrogen (secondary N) is 2. The molecular weight excluding hydrogens is 405 g/mol. The number of halogens is 1. The third kappa shape index (κ3) is 6.36. The second-order valence-corrected chi connectivity index (χ2v) is 8.59. The summed E-state index contributed by atoms with van der Waals surface area (Å²) >= 11 is 0. The Kier molecular flexibility index (Phi) is 8.33. The van der Waals surface area contributed by atoms with Gasteiger partial charge in [-0.15, -0.1) is 0 Å². The van der Waals surface area contributed by atoms with Crippen LogP contribution in [-0.4, -0.2) is 58.2 Å². The van der Waals surface area contributed by atoms with Gasteiger partial charge in [-0.2, -0.15) is 0 Å². The topological polar surface area (TPSA) is 52.1 Å². The molecule has 0 spiro atoms. The Morgan fingerprint density at radius 2 is 1.94 bits per heavy atom. The molecule has 1 heterocycles. The average molecular weight is 442 g/mol. The fourth-order valence-electron chi connectivity index (χ4n) is 4.03. The summed E-state index contributed by atoms with van der Waals surface area (Å²) in [6.07, 6.45) is 2.05. The lowest BCUT2D eigenvalue weighted by Gasteiger charge is -2.33. The Hall–Kier alpha value is -2.80. The maximum atomic E-state index is 13.9. The van der Waals surface area contributed by atoms with E-state index in [0.717, 1.165) is 50.5 Å². The van der Waals surface area contributed by atoms with Gasteiger partial charge in [0.2, 0.25) is 0 Å². The lowest BCUT2D eigenvalue weighted by atomic mass is 10.0. The molecule has 0 amide bonds. The molecule has 174 valence electrons. The van der Waals surface area contributed by atoms with Gasteiger partial charge < -0.3 is 20.3 Å². The summed E-state index contributed by atoms with van der Waals surface area (Å²) in [5.74, 6) is 0.819. The van der Waals surface area contributed by atoms with E-state index in [9.17, 15) is 4.39 Å². The van der Waals surface area contributed by atoms with Crippen molar-refractivity contribution in [2.45, 2.75) is 38.9 Å². The number of aryl methyl sites for hydroxylation is 1. The Morgan fingerprint density at radius 1 is 1.19 bits per heavy atom. The average Bonchev–Trinajstić information content (AvgIpc) is 2.78. The van der Waals surface area contributed by atoms with E-state index in [1.165, 1.54) is 23.9 Å². The number of guanidine groups is 1. The Morgan fingerprint density at radius 3 is 2.53 bits per heavy atom. The number of likely N-dealkylation sites (tertiary alicyclic amines) is 1.